The van der Waals surface area contributed by atoms with Crippen LogP contribution in [0.2, 0.25) is 5.02 Å². The molecule has 2 fully saturated rings. The van der Waals surface area contributed by atoms with E-state index in [1.54, 1.807) is 32.3 Å². The van der Waals surface area contributed by atoms with Crippen LogP contribution in [0, 0.1) is 17.8 Å². The van der Waals surface area contributed by atoms with Gasteiger partial charge in [0.2, 0.25) is 5.91 Å². The minimum absolute atomic E-state index is 0.0460. The number of carbonyl (C=O) groups excluding carboxylic acids is 2. The predicted octanol–water partition coefficient (Wildman–Crippen LogP) is 2.35. The first kappa shape index (κ1) is 16.3. The van der Waals surface area contributed by atoms with Crippen LogP contribution in [-0.4, -0.2) is 36.9 Å². The van der Waals surface area contributed by atoms with Crippen LogP contribution in [0.4, 0.5) is 5.69 Å². The summed E-state index contributed by atoms with van der Waals surface area (Å²) in [5.41, 5.74) is 7.18. The lowest BCUT2D eigenvalue weighted by Crippen LogP contribution is -2.42. The summed E-state index contributed by atoms with van der Waals surface area (Å²) in [6.07, 6.45) is 3.28. The van der Waals surface area contributed by atoms with Crippen molar-refractivity contribution in [2.45, 2.75) is 25.3 Å². The monoisotopic (exact) mass is 335 g/mol. The highest BCUT2D eigenvalue weighted by molar-refractivity contribution is 6.34. The van der Waals surface area contributed by atoms with Gasteiger partial charge in [-0.1, -0.05) is 11.6 Å². The average molecular weight is 336 g/mol. The third-order valence-electron chi connectivity index (χ3n) is 5.15. The van der Waals surface area contributed by atoms with E-state index in [-0.39, 0.29) is 23.8 Å². The number of hydrogen-bond donors (Lipinski definition) is 2. The zero-order chi connectivity index (χ0) is 16.7. The van der Waals surface area contributed by atoms with Crippen LogP contribution in [0.25, 0.3) is 0 Å². The van der Waals surface area contributed by atoms with Crippen LogP contribution in [0.1, 0.15) is 29.6 Å². The fourth-order valence-corrected chi connectivity index (χ4v) is 4.16. The Labute approximate surface area is 141 Å². The van der Waals surface area contributed by atoms with Gasteiger partial charge in [0, 0.05) is 25.8 Å². The summed E-state index contributed by atoms with van der Waals surface area (Å²) in [6, 6.07) is 4.92. The van der Waals surface area contributed by atoms with Gasteiger partial charge in [-0.3, -0.25) is 9.59 Å². The standard InChI is InChI=1S/C17H22ClN3O2/c1-21(2)17(23)12-8-11(5-6-13(12)18)20-16(22)14-9-3-4-10(7-9)15(14)19/h5-6,8-10,14-15H,3-4,7,19H2,1-2H3,(H,20,22). The predicted molar refractivity (Wildman–Crippen MR) is 90.4 cm³/mol. The zero-order valence-electron chi connectivity index (χ0n) is 13.4. The quantitative estimate of drug-likeness (QED) is 0.890. The highest BCUT2D eigenvalue weighted by Gasteiger charge is 2.49. The molecule has 1 aromatic carbocycles. The molecule has 1 aromatic rings. The smallest absolute Gasteiger partial charge is 0.254 e. The van der Waals surface area contributed by atoms with Crippen LogP contribution in [-0.2, 0) is 4.79 Å². The minimum Gasteiger partial charge on any atom is -0.345 e. The van der Waals surface area contributed by atoms with Gasteiger partial charge in [0.1, 0.15) is 0 Å². The first-order valence-electron chi connectivity index (χ1n) is 7.96. The molecule has 0 heterocycles. The molecule has 0 radical (unpaired) electrons. The average Bonchev–Trinajstić information content (AvgIpc) is 3.09. The van der Waals surface area contributed by atoms with E-state index in [0.29, 0.717) is 28.1 Å². The Hall–Kier alpha value is -1.59. The summed E-state index contributed by atoms with van der Waals surface area (Å²) >= 11 is 6.09. The van der Waals surface area contributed by atoms with Gasteiger partial charge in [0.25, 0.3) is 5.91 Å². The summed E-state index contributed by atoms with van der Waals surface area (Å²) in [4.78, 5) is 26.2. The molecule has 0 aromatic heterocycles. The molecule has 0 saturated heterocycles. The molecular weight excluding hydrogens is 314 g/mol. The maximum Gasteiger partial charge on any atom is 0.254 e. The number of halogens is 1. The molecule has 2 aliphatic carbocycles. The fraction of sp³-hybridized carbons (Fsp3) is 0.529. The van der Waals surface area contributed by atoms with Gasteiger partial charge < -0.3 is 16.0 Å². The second kappa shape index (κ2) is 6.13. The lowest BCUT2D eigenvalue weighted by Gasteiger charge is -2.27. The van der Waals surface area contributed by atoms with E-state index in [4.69, 9.17) is 17.3 Å². The van der Waals surface area contributed by atoms with Gasteiger partial charge in [-0.25, -0.2) is 0 Å². The van der Waals surface area contributed by atoms with E-state index in [1.165, 1.54) is 4.90 Å². The minimum atomic E-state index is -0.192. The Kier molecular flexibility index (Phi) is 4.34. The number of fused-ring (bicyclic) bond motifs is 2. The summed E-state index contributed by atoms with van der Waals surface area (Å²) in [5, 5.41) is 3.29. The third kappa shape index (κ3) is 2.95. The number of nitrogens with one attached hydrogen (secondary N) is 1. The molecular formula is C17H22ClN3O2. The van der Waals surface area contributed by atoms with Crippen LogP contribution >= 0.6 is 11.6 Å². The van der Waals surface area contributed by atoms with Gasteiger partial charge in [-0.15, -0.1) is 0 Å². The maximum atomic E-state index is 12.6. The van der Waals surface area contributed by atoms with Crippen molar-refractivity contribution in [3.05, 3.63) is 28.8 Å². The van der Waals surface area contributed by atoms with Gasteiger partial charge in [0.15, 0.2) is 0 Å². The topological polar surface area (TPSA) is 75.4 Å². The van der Waals surface area contributed by atoms with Crippen molar-refractivity contribution in [1.82, 2.24) is 4.90 Å². The molecule has 23 heavy (non-hydrogen) atoms. The highest BCUT2D eigenvalue weighted by Crippen LogP contribution is 2.47. The van der Waals surface area contributed by atoms with Crippen molar-refractivity contribution >= 4 is 29.1 Å². The van der Waals surface area contributed by atoms with E-state index in [2.05, 4.69) is 5.32 Å². The Morgan fingerprint density at radius 2 is 1.96 bits per heavy atom. The van der Waals surface area contributed by atoms with Gasteiger partial charge in [0.05, 0.1) is 16.5 Å². The van der Waals surface area contributed by atoms with Crippen molar-refractivity contribution in [2.24, 2.45) is 23.5 Å². The molecule has 6 heteroatoms. The molecule has 2 aliphatic rings. The summed E-state index contributed by atoms with van der Waals surface area (Å²) in [5.74, 6) is 0.507. The highest BCUT2D eigenvalue weighted by atomic mass is 35.5. The maximum absolute atomic E-state index is 12.6. The first-order chi connectivity index (χ1) is 10.9. The van der Waals surface area contributed by atoms with E-state index in [9.17, 15) is 9.59 Å². The number of nitrogens with zero attached hydrogens (tertiary/aromatic N) is 1. The molecule has 5 nitrogen and oxygen atoms in total. The summed E-state index contributed by atoms with van der Waals surface area (Å²) < 4.78 is 0. The summed E-state index contributed by atoms with van der Waals surface area (Å²) in [6.45, 7) is 0. The van der Waals surface area contributed by atoms with Crippen molar-refractivity contribution in [3.63, 3.8) is 0 Å². The molecule has 0 spiro atoms. The molecule has 2 saturated carbocycles. The molecule has 2 amide bonds. The lowest BCUT2D eigenvalue weighted by molar-refractivity contribution is -0.121. The normalized spacial score (nSPS) is 28.7. The van der Waals surface area contributed by atoms with E-state index in [1.807, 2.05) is 0 Å². The molecule has 4 unspecified atom stereocenters. The second-order valence-electron chi connectivity index (χ2n) is 6.82. The lowest BCUT2D eigenvalue weighted by atomic mass is 9.84. The van der Waals surface area contributed by atoms with Gasteiger partial charge in [-0.05, 0) is 49.3 Å². The Morgan fingerprint density at radius 3 is 2.57 bits per heavy atom. The van der Waals surface area contributed by atoms with Crippen molar-refractivity contribution in [1.29, 1.82) is 0 Å². The number of rotatable bonds is 3. The van der Waals surface area contributed by atoms with E-state index in [0.717, 1.165) is 19.3 Å². The molecule has 0 aliphatic heterocycles. The van der Waals surface area contributed by atoms with Crippen LogP contribution < -0.4 is 11.1 Å². The molecule has 3 rings (SSSR count). The summed E-state index contributed by atoms with van der Waals surface area (Å²) in [7, 11) is 3.33. The van der Waals surface area contributed by atoms with E-state index < -0.39 is 0 Å². The zero-order valence-corrected chi connectivity index (χ0v) is 14.1. The van der Waals surface area contributed by atoms with Crippen LogP contribution in [0.15, 0.2) is 18.2 Å². The number of nitrogens with two attached hydrogens (primary N) is 1. The SMILES string of the molecule is CN(C)C(=O)c1cc(NC(=O)C2C3CCC(C3)C2N)ccc1Cl. The molecule has 2 bridgehead atoms. The number of anilines is 1. The number of carbonyl (C=O) groups is 2. The Balaban J connectivity index is 1.77. The largest absolute Gasteiger partial charge is 0.345 e. The molecule has 124 valence electrons. The van der Waals surface area contributed by atoms with Crippen molar-refractivity contribution < 1.29 is 9.59 Å². The molecule has 3 N–H and O–H groups in total. The van der Waals surface area contributed by atoms with Crippen molar-refractivity contribution in [2.75, 3.05) is 19.4 Å². The number of amides is 2. The third-order valence-corrected chi connectivity index (χ3v) is 5.48. The fourth-order valence-electron chi connectivity index (χ4n) is 3.96. The van der Waals surface area contributed by atoms with Crippen LogP contribution in [0.5, 0.6) is 0 Å². The Morgan fingerprint density at radius 1 is 1.26 bits per heavy atom. The van der Waals surface area contributed by atoms with Crippen LogP contribution in [0.3, 0.4) is 0 Å². The molecule has 4 atom stereocenters. The van der Waals surface area contributed by atoms with Crippen molar-refractivity contribution in [3.8, 4) is 0 Å². The van der Waals surface area contributed by atoms with Gasteiger partial charge >= 0.3 is 0 Å². The number of benzene rings is 1. The van der Waals surface area contributed by atoms with E-state index >= 15 is 0 Å². The first-order valence-corrected chi connectivity index (χ1v) is 8.34. The van der Waals surface area contributed by atoms with Gasteiger partial charge in [-0.2, -0.15) is 0 Å². The number of hydrogen-bond acceptors (Lipinski definition) is 3. The second-order valence-corrected chi connectivity index (χ2v) is 7.23. The Bertz CT molecular complexity index is 645.